The molecule has 1 aromatic carbocycles. The van der Waals surface area contributed by atoms with Crippen molar-refractivity contribution in [2.75, 3.05) is 6.54 Å². The van der Waals surface area contributed by atoms with E-state index in [1.807, 2.05) is 31.2 Å². The van der Waals surface area contributed by atoms with Gasteiger partial charge in [-0.15, -0.1) is 0 Å². The number of aliphatic hydroxyl groups is 1. The molecule has 0 aromatic heterocycles. The quantitative estimate of drug-likeness (QED) is 0.898. The first-order valence-electron chi connectivity index (χ1n) is 6.60. The summed E-state index contributed by atoms with van der Waals surface area (Å²) in [6.45, 7) is 4.69. The molecule has 0 aliphatic heterocycles. The summed E-state index contributed by atoms with van der Waals surface area (Å²) in [5, 5.41) is 11.1. The van der Waals surface area contributed by atoms with Crippen LogP contribution in [0.5, 0.6) is 0 Å². The highest BCUT2D eigenvalue weighted by atomic mass is 79.9. The van der Waals surface area contributed by atoms with Crippen LogP contribution in [-0.2, 0) is 5.60 Å². The second-order valence-electron chi connectivity index (χ2n) is 5.88. The Balaban J connectivity index is 2.44. The summed E-state index contributed by atoms with van der Waals surface area (Å²) in [5.74, 6) is 0.641. The summed E-state index contributed by atoms with van der Waals surface area (Å²) < 4.78 is 0.961. The molecule has 1 aliphatic rings. The Kier molecular flexibility index (Phi) is 3.86. The van der Waals surface area contributed by atoms with E-state index in [-0.39, 0.29) is 5.41 Å². The minimum atomic E-state index is -0.882. The first-order chi connectivity index (χ1) is 8.43. The number of rotatable bonds is 3. The normalized spacial score (nSPS) is 31.3. The fourth-order valence-electron chi connectivity index (χ4n) is 3.36. The maximum atomic E-state index is 11.1. The highest BCUT2D eigenvalue weighted by Gasteiger charge is 2.51. The molecule has 0 amide bonds. The van der Waals surface area contributed by atoms with Crippen LogP contribution < -0.4 is 5.73 Å². The van der Waals surface area contributed by atoms with Gasteiger partial charge in [-0.25, -0.2) is 0 Å². The lowest BCUT2D eigenvalue weighted by Crippen LogP contribution is -2.47. The third kappa shape index (κ3) is 2.13. The van der Waals surface area contributed by atoms with E-state index < -0.39 is 5.60 Å². The SMILES string of the molecule is CC1CCC(CN)(C(C)(O)c2ccccc2Br)C1. The number of halogens is 1. The van der Waals surface area contributed by atoms with Crippen molar-refractivity contribution in [3.63, 3.8) is 0 Å². The first-order valence-corrected chi connectivity index (χ1v) is 7.40. The fourth-order valence-corrected chi connectivity index (χ4v) is 4.03. The van der Waals surface area contributed by atoms with Crippen LogP contribution in [-0.4, -0.2) is 11.7 Å². The molecule has 1 saturated carbocycles. The van der Waals surface area contributed by atoms with Crippen molar-refractivity contribution in [2.45, 2.75) is 38.7 Å². The van der Waals surface area contributed by atoms with Crippen molar-refractivity contribution >= 4 is 15.9 Å². The molecule has 18 heavy (non-hydrogen) atoms. The van der Waals surface area contributed by atoms with Gasteiger partial charge in [0.1, 0.15) is 0 Å². The Labute approximate surface area is 118 Å². The van der Waals surface area contributed by atoms with Gasteiger partial charge in [0.2, 0.25) is 0 Å². The average Bonchev–Trinajstić information content (AvgIpc) is 2.73. The summed E-state index contributed by atoms with van der Waals surface area (Å²) >= 11 is 3.55. The lowest BCUT2D eigenvalue weighted by Gasteiger charge is -2.43. The first kappa shape index (κ1) is 14.0. The molecule has 0 spiro atoms. The van der Waals surface area contributed by atoms with E-state index in [2.05, 4.69) is 22.9 Å². The second kappa shape index (κ2) is 4.95. The van der Waals surface area contributed by atoms with E-state index in [4.69, 9.17) is 5.73 Å². The van der Waals surface area contributed by atoms with Crippen LogP contribution in [0.2, 0.25) is 0 Å². The van der Waals surface area contributed by atoms with Gasteiger partial charge in [0.15, 0.2) is 0 Å². The molecule has 3 N–H and O–H groups in total. The van der Waals surface area contributed by atoms with Crippen molar-refractivity contribution in [3.8, 4) is 0 Å². The minimum absolute atomic E-state index is 0.198. The molecule has 0 heterocycles. The fraction of sp³-hybridized carbons (Fsp3) is 0.600. The number of hydrogen-bond acceptors (Lipinski definition) is 2. The lowest BCUT2D eigenvalue weighted by atomic mass is 9.67. The molecule has 3 unspecified atom stereocenters. The topological polar surface area (TPSA) is 46.2 Å². The molecule has 1 fully saturated rings. The van der Waals surface area contributed by atoms with Crippen LogP contribution in [0.1, 0.15) is 38.7 Å². The van der Waals surface area contributed by atoms with Gasteiger partial charge >= 0.3 is 0 Å². The highest BCUT2D eigenvalue weighted by molar-refractivity contribution is 9.10. The molecule has 0 saturated heterocycles. The van der Waals surface area contributed by atoms with Crippen LogP contribution in [0, 0.1) is 11.3 Å². The minimum Gasteiger partial charge on any atom is -0.385 e. The van der Waals surface area contributed by atoms with Crippen molar-refractivity contribution in [1.82, 2.24) is 0 Å². The van der Waals surface area contributed by atoms with E-state index in [0.717, 1.165) is 29.3 Å². The van der Waals surface area contributed by atoms with Crippen LogP contribution >= 0.6 is 15.9 Å². The standard InChI is InChI=1S/C15H22BrNO/c1-11-7-8-15(9-11,10-17)14(2,18)12-5-3-4-6-13(12)16/h3-6,11,18H,7-10,17H2,1-2H3. The molecule has 3 heteroatoms. The largest absolute Gasteiger partial charge is 0.385 e. The van der Waals surface area contributed by atoms with E-state index in [1.165, 1.54) is 0 Å². The summed E-state index contributed by atoms with van der Waals surface area (Å²) in [5.41, 5.74) is 5.90. The molecule has 1 aromatic rings. The molecule has 3 atom stereocenters. The van der Waals surface area contributed by atoms with Crippen molar-refractivity contribution in [1.29, 1.82) is 0 Å². The zero-order chi connectivity index (χ0) is 13.4. The van der Waals surface area contributed by atoms with Gasteiger partial charge in [0.05, 0.1) is 5.60 Å². The van der Waals surface area contributed by atoms with Crippen molar-refractivity contribution < 1.29 is 5.11 Å². The highest BCUT2D eigenvalue weighted by Crippen LogP contribution is 2.53. The van der Waals surface area contributed by atoms with Gasteiger partial charge in [-0.1, -0.05) is 41.1 Å². The number of benzene rings is 1. The van der Waals surface area contributed by atoms with Gasteiger partial charge in [0, 0.05) is 16.4 Å². The van der Waals surface area contributed by atoms with Gasteiger partial charge in [-0.3, -0.25) is 0 Å². The zero-order valence-corrected chi connectivity index (χ0v) is 12.7. The van der Waals surface area contributed by atoms with E-state index in [0.29, 0.717) is 12.5 Å². The van der Waals surface area contributed by atoms with Gasteiger partial charge in [0.25, 0.3) is 0 Å². The number of nitrogens with two attached hydrogens (primary N) is 1. The Morgan fingerprint density at radius 3 is 2.67 bits per heavy atom. The average molecular weight is 312 g/mol. The number of hydrogen-bond donors (Lipinski definition) is 2. The van der Waals surface area contributed by atoms with E-state index >= 15 is 0 Å². The van der Waals surface area contributed by atoms with Crippen molar-refractivity contribution in [3.05, 3.63) is 34.3 Å². The Hall–Kier alpha value is -0.380. The van der Waals surface area contributed by atoms with Crippen LogP contribution in [0.3, 0.4) is 0 Å². The summed E-state index contributed by atoms with van der Waals surface area (Å²) in [6.07, 6.45) is 3.15. The third-order valence-electron chi connectivity index (χ3n) is 4.68. The molecular weight excluding hydrogens is 290 g/mol. The van der Waals surface area contributed by atoms with E-state index in [1.54, 1.807) is 0 Å². The second-order valence-corrected chi connectivity index (χ2v) is 6.74. The van der Waals surface area contributed by atoms with Gasteiger partial charge in [-0.05, 0) is 43.7 Å². The lowest BCUT2D eigenvalue weighted by molar-refractivity contribution is -0.0716. The summed E-state index contributed by atoms with van der Waals surface area (Å²) in [6, 6.07) is 7.91. The van der Waals surface area contributed by atoms with Crippen molar-refractivity contribution in [2.24, 2.45) is 17.1 Å². The molecule has 2 rings (SSSR count). The molecule has 0 radical (unpaired) electrons. The summed E-state index contributed by atoms with van der Waals surface area (Å²) in [4.78, 5) is 0. The molecule has 1 aliphatic carbocycles. The smallest absolute Gasteiger partial charge is 0.0947 e. The predicted octanol–water partition coefficient (Wildman–Crippen LogP) is 3.42. The predicted molar refractivity (Wildman–Crippen MR) is 78.2 cm³/mol. The zero-order valence-electron chi connectivity index (χ0n) is 11.1. The Morgan fingerprint density at radius 2 is 2.17 bits per heavy atom. The molecule has 100 valence electrons. The van der Waals surface area contributed by atoms with E-state index in [9.17, 15) is 5.11 Å². The Bertz CT molecular complexity index is 432. The summed E-state index contributed by atoms with van der Waals surface area (Å²) in [7, 11) is 0. The molecular formula is C15H22BrNO. The third-order valence-corrected chi connectivity index (χ3v) is 5.37. The van der Waals surface area contributed by atoms with Crippen LogP contribution in [0.25, 0.3) is 0 Å². The van der Waals surface area contributed by atoms with Crippen LogP contribution in [0.15, 0.2) is 28.7 Å². The Morgan fingerprint density at radius 1 is 1.50 bits per heavy atom. The molecule has 2 nitrogen and oxygen atoms in total. The van der Waals surface area contributed by atoms with Crippen LogP contribution in [0.4, 0.5) is 0 Å². The maximum absolute atomic E-state index is 11.1. The van der Waals surface area contributed by atoms with Gasteiger partial charge < -0.3 is 10.8 Å². The molecule has 0 bridgehead atoms. The monoisotopic (exact) mass is 311 g/mol. The van der Waals surface area contributed by atoms with Gasteiger partial charge in [-0.2, -0.15) is 0 Å². The maximum Gasteiger partial charge on any atom is 0.0947 e.